The molecule has 2 fully saturated rings. The van der Waals surface area contributed by atoms with Gasteiger partial charge in [0.2, 0.25) is 0 Å². The number of likely N-dealkylation sites (tertiary alicyclic amines) is 1. The number of nitrogens with zero attached hydrogens (tertiary/aromatic N) is 3. The SMILES string of the molecule is COC(=O)C1CC2CCCCC2N1C(=O)c1cnn(C)c1C. The van der Waals surface area contributed by atoms with Crippen molar-refractivity contribution in [2.45, 2.75) is 51.1 Å². The molecule has 1 aromatic rings. The molecule has 0 bridgehead atoms. The van der Waals surface area contributed by atoms with Crippen LogP contribution in [-0.2, 0) is 16.6 Å². The van der Waals surface area contributed by atoms with Crippen molar-refractivity contribution in [2.75, 3.05) is 7.11 Å². The van der Waals surface area contributed by atoms with Gasteiger partial charge in [0.25, 0.3) is 5.91 Å². The molecule has 1 saturated heterocycles. The Morgan fingerprint density at radius 3 is 2.68 bits per heavy atom. The first-order valence-electron chi connectivity index (χ1n) is 7.93. The molecule has 3 unspecified atom stereocenters. The number of aryl methyl sites for hydroxylation is 1. The average molecular weight is 305 g/mol. The molecular weight excluding hydrogens is 282 g/mol. The van der Waals surface area contributed by atoms with Gasteiger partial charge in [0.05, 0.1) is 18.9 Å². The number of esters is 1. The van der Waals surface area contributed by atoms with Crippen LogP contribution in [0.1, 0.15) is 48.2 Å². The lowest BCUT2D eigenvalue weighted by molar-refractivity contribution is -0.145. The highest BCUT2D eigenvalue weighted by atomic mass is 16.5. The fraction of sp³-hybridized carbons (Fsp3) is 0.688. The van der Waals surface area contributed by atoms with Gasteiger partial charge in [-0.15, -0.1) is 0 Å². The fourth-order valence-electron chi connectivity index (χ4n) is 3.95. The molecule has 1 saturated carbocycles. The molecule has 1 aliphatic heterocycles. The van der Waals surface area contributed by atoms with Crippen molar-refractivity contribution < 1.29 is 14.3 Å². The van der Waals surface area contributed by atoms with Gasteiger partial charge >= 0.3 is 5.97 Å². The maximum Gasteiger partial charge on any atom is 0.328 e. The zero-order chi connectivity index (χ0) is 15.9. The molecule has 6 heteroatoms. The smallest absolute Gasteiger partial charge is 0.328 e. The van der Waals surface area contributed by atoms with E-state index in [1.165, 1.54) is 13.5 Å². The van der Waals surface area contributed by atoms with E-state index in [9.17, 15) is 9.59 Å². The maximum absolute atomic E-state index is 13.0. The molecule has 0 spiro atoms. The Hall–Kier alpha value is -1.85. The normalized spacial score (nSPS) is 27.6. The number of rotatable bonds is 2. The van der Waals surface area contributed by atoms with E-state index in [4.69, 9.17) is 4.74 Å². The summed E-state index contributed by atoms with van der Waals surface area (Å²) >= 11 is 0. The number of amides is 1. The largest absolute Gasteiger partial charge is 0.467 e. The number of hydrogen-bond donors (Lipinski definition) is 0. The summed E-state index contributed by atoms with van der Waals surface area (Å²) in [6.07, 6.45) is 6.69. The zero-order valence-corrected chi connectivity index (χ0v) is 13.4. The van der Waals surface area contributed by atoms with Crippen LogP contribution in [0.4, 0.5) is 0 Å². The molecule has 0 aromatic carbocycles. The van der Waals surface area contributed by atoms with E-state index in [2.05, 4.69) is 5.10 Å². The first-order valence-corrected chi connectivity index (χ1v) is 7.93. The topological polar surface area (TPSA) is 64.4 Å². The molecule has 2 aliphatic rings. The fourth-order valence-corrected chi connectivity index (χ4v) is 3.95. The predicted molar refractivity (Wildman–Crippen MR) is 80.3 cm³/mol. The summed E-state index contributed by atoms with van der Waals surface area (Å²) in [5.74, 6) is 0.0264. The van der Waals surface area contributed by atoms with Crippen molar-refractivity contribution in [1.29, 1.82) is 0 Å². The highest BCUT2D eigenvalue weighted by Gasteiger charge is 2.48. The number of carbonyl (C=O) groups is 2. The maximum atomic E-state index is 13.0. The Kier molecular flexibility index (Phi) is 3.93. The molecule has 2 heterocycles. The summed E-state index contributed by atoms with van der Waals surface area (Å²) < 4.78 is 6.63. The summed E-state index contributed by atoms with van der Waals surface area (Å²) in [6, 6.07) is -0.296. The minimum atomic E-state index is -0.454. The lowest BCUT2D eigenvalue weighted by atomic mass is 9.84. The Labute approximate surface area is 130 Å². The van der Waals surface area contributed by atoms with Crippen LogP contribution >= 0.6 is 0 Å². The van der Waals surface area contributed by atoms with Gasteiger partial charge < -0.3 is 9.64 Å². The number of carbonyl (C=O) groups excluding carboxylic acids is 2. The summed E-state index contributed by atoms with van der Waals surface area (Å²) in [5.41, 5.74) is 1.41. The standard InChI is InChI=1S/C16H23N3O3/c1-10-12(9-17-18(10)2)15(20)19-13-7-5-4-6-11(13)8-14(19)16(21)22-3/h9,11,13-14H,4-8H2,1-3H3. The highest BCUT2D eigenvalue weighted by molar-refractivity contribution is 5.98. The average Bonchev–Trinajstić information content (AvgIpc) is 3.07. The number of fused-ring (bicyclic) bond motifs is 1. The third kappa shape index (κ3) is 2.30. The Morgan fingerprint density at radius 1 is 1.32 bits per heavy atom. The summed E-state index contributed by atoms with van der Waals surface area (Å²) in [4.78, 5) is 27.0. The third-order valence-electron chi connectivity index (χ3n) is 5.26. The number of aromatic nitrogens is 2. The first kappa shape index (κ1) is 15.1. The second kappa shape index (κ2) is 5.74. The van der Waals surface area contributed by atoms with Crippen LogP contribution in [-0.4, -0.2) is 45.8 Å². The minimum Gasteiger partial charge on any atom is -0.467 e. The minimum absolute atomic E-state index is 0.0876. The number of ether oxygens (including phenoxy) is 1. The van der Waals surface area contributed by atoms with Gasteiger partial charge in [-0.1, -0.05) is 12.8 Å². The lowest BCUT2D eigenvalue weighted by Crippen LogP contribution is -2.46. The predicted octanol–water partition coefficient (Wildman–Crippen LogP) is 1.67. The van der Waals surface area contributed by atoms with Gasteiger partial charge in [0.1, 0.15) is 6.04 Å². The molecule has 120 valence electrons. The third-order valence-corrected chi connectivity index (χ3v) is 5.26. The second-order valence-corrected chi connectivity index (χ2v) is 6.37. The molecule has 0 radical (unpaired) electrons. The molecule has 22 heavy (non-hydrogen) atoms. The molecule has 1 amide bonds. The van der Waals surface area contributed by atoms with Crippen LogP contribution in [0.25, 0.3) is 0 Å². The number of hydrogen-bond acceptors (Lipinski definition) is 4. The molecule has 0 N–H and O–H groups in total. The van der Waals surface area contributed by atoms with Gasteiger partial charge in [-0.05, 0) is 32.1 Å². The van der Waals surface area contributed by atoms with E-state index < -0.39 is 6.04 Å². The molecule has 1 aromatic heterocycles. The highest BCUT2D eigenvalue weighted by Crippen LogP contribution is 2.40. The zero-order valence-electron chi connectivity index (χ0n) is 13.4. The Morgan fingerprint density at radius 2 is 2.05 bits per heavy atom. The molecule has 1 aliphatic carbocycles. The molecule has 6 nitrogen and oxygen atoms in total. The van der Waals surface area contributed by atoms with E-state index in [1.54, 1.807) is 15.8 Å². The first-order chi connectivity index (χ1) is 10.5. The summed E-state index contributed by atoms with van der Waals surface area (Å²) in [6.45, 7) is 1.88. The van der Waals surface area contributed by atoms with E-state index >= 15 is 0 Å². The van der Waals surface area contributed by atoms with Crippen molar-refractivity contribution in [1.82, 2.24) is 14.7 Å². The summed E-state index contributed by atoms with van der Waals surface area (Å²) in [7, 11) is 3.21. The van der Waals surface area contributed by atoms with Crippen molar-refractivity contribution >= 4 is 11.9 Å². The van der Waals surface area contributed by atoms with Crippen LogP contribution < -0.4 is 0 Å². The Bertz CT molecular complexity index is 595. The van der Waals surface area contributed by atoms with Gasteiger partial charge in [-0.2, -0.15) is 5.10 Å². The Balaban J connectivity index is 1.94. The lowest BCUT2D eigenvalue weighted by Gasteiger charge is -2.33. The van der Waals surface area contributed by atoms with Crippen molar-refractivity contribution in [3.05, 3.63) is 17.5 Å². The van der Waals surface area contributed by atoms with Crippen LogP contribution in [0.2, 0.25) is 0 Å². The van der Waals surface area contributed by atoms with E-state index in [0.717, 1.165) is 31.4 Å². The van der Waals surface area contributed by atoms with Crippen molar-refractivity contribution in [3.8, 4) is 0 Å². The van der Waals surface area contributed by atoms with E-state index in [0.29, 0.717) is 11.5 Å². The van der Waals surface area contributed by atoms with Crippen LogP contribution in [0.3, 0.4) is 0 Å². The van der Waals surface area contributed by atoms with E-state index in [-0.39, 0.29) is 17.9 Å². The van der Waals surface area contributed by atoms with Crippen LogP contribution in [0.5, 0.6) is 0 Å². The van der Waals surface area contributed by atoms with Gasteiger partial charge in [-0.3, -0.25) is 9.48 Å². The molecular formula is C16H23N3O3. The van der Waals surface area contributed by atoms with Crippen LogP contribution in [0, 0.1) is 12.8 Å². The second-order valence-electron chi connectivity index (χ2n) is 6.37. The summed E-state index contributed by atoms with van der Waals surface area (Å²) in [5, 5.41) is 4.16. The molecule has 3 atom stereocenters. The molecule has 3 rings (SSSR count). The van der Waals surface area contributed by atoms with Crippen molar-refractivity contribution in [3.63, 3.8) is 0 Å². The van der Waals surface area contributed by atoms with Gasteiger partial charge in [0.15, 0.2) is 0 Å². The number of methoxy groups -OCH3 is 1. The monoisotopic (exact) mass is 305 g/mol. The van der Waals surface area contributed by atoms with E-state index in [1.807, 2.05) is 14.0 Å². The van der Waals surface area contributed by atoms with Gasteiger partial charge in [-0.25, -0.2) is 4.79 Å². The van der Waals surface area contributed by atoms with Crippen molar-refractivity contribution in [2.24, 2.45) is 13.0 Å². The van der Waals surface area contributed by atoms with Gasteiger partial charge in [0, 0.05) is 18.8 Å². The quantitative estimate of drug-likeness (QED) is 0.780. The van der Waals surface area contributed by atoms with Crippen LogP contribution in [0.15, 0.2) is 6.20 Å².